The Labute approximate surface area is 155 Å². The van der Waals surface area contributed by atoms with E-state index in [0.29, 0.717) is 6.42 Å². The van der Waals surface area contributed by atoms with E-state index in [4.69, 9.17) is 34.8 Å². The summed E-state index contributed by atoms with van der Waals surface area (Å²) >= 11 is 18.2. The molecular weight excluding hydrogens is 397 g/mol. The van der Waals surface area contributed by atoms with E-state index in [0.717, 1.165) is 23.6 Å². The molecule has 2 fully saturated rings. The Hall–Kier alpha value is -0.530. The van der Waals surface area contributed by atoms with E-state index in [1.54, 1.807) is 0 Å². The fourth-order valence-electron chi connectivity index (χ4n) is 3.80. The number of nitrogens with zero attached hydrogens (tertiary/aromatic N) is 1. The fourth-order valence-corrected chi connectivity index (χ4v) is 6.85. The van der Waals surface area contributed by atoms with Crippen LogP contribution in [0.5, 0.6) is 0 Å². The maximum atomic E-state index is 13.1. The van der Waals surface area contributed by atoms with Gasteiger partial charge in [-0.15, -0.1) is 0 Å². The predicted octanol–water partition coefficient (Wildman–Crippen LogP) is 3.82. The molecule has 0 bridgehead atoms. The van der Waals surface area contributed by atoms with Crippen molar-refractivity contribution in [1.82, 2.24) is 4.31 Å². The van der Waals surface area contributed by atoms with Gasteiger partial charge in [-0.1, -0.05) is 47.6 Å². The summed E-state index contributed by atoms with van der Waals surface area (Å²) in [7, 11) is -4.14. The molecule has 0 spiro atoms. The Balaban J connectivity index is 2.10. The summed E-state index contributed by atoms with van der Waals surface area (Å²) in [5, 5.41) is 10.0. The van der Waals surface area contributed by atoms with Crippen molar-refractivity contribution >= 4 is 50.8 Å². The maximum Gasteiger partial charge on any atom is 0.341 e. The Bertz CT molecular complexity index is 765. The number of hydrogen-bond donors (Lipinski definition) is 1. The lowest BCUT2D eigenvalue weighted by Gasteiger charge is -2.34. The molecule has 1 aromatic rings. The second kappa shape index (κ2) is 6.32. The van der Waals surface area contributed by atoms with Crippen LogP contribution < -0.4 is 0 Å². The zero-order valence-electron chi connectivity index (χ0n) is 12.6. The molecule has 1 saturated carbocycles. The molecular formula is C15H16Cl3NO4S. The van der Waals surface area contributed by atoms with E-state index in [1.165, 1.54) is 18.2 Å². The van der Waals surface area contributed by atoms with Crippen molar-refractivity contribution in [2.45, 2.75) is 35.6 Å². The van der Waals surface area contributed by atoms with E-state index >= 15 is 0 Å². The molecule has 2 aliphatic rings. The van der Waals surface area contributed by atoms with Crippen LogP contribution in [0.1, 0.15) is 25.7 Å². The number of hydrogen-bond acceptors (Lipinski definition) is 3. The van der Waals surface area contributed by atoms with Gasteiger partial charge in [0, 0.05) is 22.5 Å². The van der Waals surface area contributed by atoms with Crippen LogP contribution in [0, 0.1) is 11.8 Å². The van der Waals surface area contributed by atoms with Crippen molar-refractivity contribution in [3.63, 3.8) is 0 Å². The van der Waals surface area contributed by atoms with Crippen molar-refractivity contribution in [2.24, 2.45) is 11.8 Å². The molecule has 1 saturated heterocycles. The number of aliphatic carboxylic acids is 1. The lowest BCUT2D eigenvalue weighted by molar-refractivity contribution is -0.144. The summed E-state index contributed by atoms with van der Waals surface area (Å²) in [4.78, 5) is 9.79. The zero-order valence-corrected chi connectivity index (χ0v) is 15.7. The Morgan fingerprint density at radius 3 is 2.33 bits per heavy atom. The first-order valence-electron chi connectivity index (χ1n) is 7.58. The second-order valence-corrected chi connectivity index (χ2v) is 9.58. The highest BCUT2D eigenvalue weighted by Crippen LogP contribution is 2.51. The molecule has 24 heavy (non-hydrogen) atoms. The van der Waals surface area contributed by atoms with Crippen molar-refractivity contribution in [3.8, 4) is 0 Å². The SMILES string of the molecule is O=C(O)C1(Cl)C2CCCCC2CN1S(=O)(=O)c1cc(Cl)cc(Cl)c1. The van der Waals surface area contributed by atoms with Crippen LogP contribution in [0.15, 0.2) is 23.1 Å². The highest BCUT2D eigenvalue weighted by Gasteiger charge is 2.62. The molecule has 9 heteroatoms. The summed E-state index contributed by atoms with van der Waals surface area (Å²) < 4.78 is 27.0. The van der Waals surface area contributed by atoms with Gasteiger partial charge in [0.25, 0.3) is 0 Å². The molecule has 1 heterocycles. The van der Waals surface area contributed by atoms with Crippen molar-refractivity contribution < 1.29 is 18.3 Å². The van der Waals surface area contributed by atoms with Crippen LogP contribution in [0.4, 0.5) is 0 Å². The highest BCUT2D eigenvalue weighted by atomic mass is 35.5. The van der Waals surface area contributed by atoms with Gasteiger partial charge in [-0.2, -0.15) is 4.31 Å². The lowest BCUT2D eigenvalue weighted by Crippen LogP contribution is -2.52. The van der Waals surface area contributed by atoms with Crippen molar-refractivity contribution in [3.05, 3.63) is 28.2 Å². The molecule has 3 atom stereocenters. The smallest absolute Gasteiger partial charge is 0.341 e. The van der Waals surface area contributed by atoms with Gasteiger partial charge in [-0.05, 0) is 37.0 Å². The summed E-state index contributed by atoms with van der Waals surface area (Å²) in [6, 6.07) is 3.92. The monoisotopic (exact) mass is 411 g/mol. The number of rotatable bonds is 3. The molecule has 0 aromatic heterocycles. The Kier molecular flexibility index (Phi) is 4.81. The minimum Gasteiger partial charge on any atom is -0.479 e. The molecule has 0 radical (unpaired) electrons. The van der Waals surface area contributed by atoms with Crippen molar-refractivity contribution in [2.75, 3.05) is 6.54 Å². The van der Waals surface area contributed by atoms with E-state index < -0.39 is 26.9 Å². The van der Waals surface area contributed by atoms with Crippen LogP contribution in [0.25, 0.3) is 0 Å². The van der Waals surface area contributed by atoms with Gasteiger partial charge in [-0.3, -0.25) is 0 Å². The maximum absolute atomic E-state index is 13.1. The number of alkyl halides is 1. The topological polar surface area (TPSA) is 74.7 Å². The summed E-state index contributed by atoms with van der Waals surface area (Å²) in [5.41, 5.74) is 0. The number of halogens is 3. The molecule has 3 unspecified atom stereocenters. The normalized spacial score (nSPS) is 31.0. The Morgan fingerprint density at radius 2 is 1.75 bits per heavy atom. The van der Waals surface area contributed by atoms with Crippen LogP contribution in [-0.2, 0) is 14.8 Å². The minimum absolute atomic E-state index is 0.0585. The van der Waals surface area contributed by atoms with Crippen molar-refractivity contribution in [1.29, 1.82) is 0 Å². The quantitative estimate of drug-likeness (QED) is 0.605. The number of fused-ring (bicyclic) bond motifs is 1. The van der Waals surface area contributed by atoms with E-state index in [2.05, 4.69) is 0 Å². The number of sulfonamides is 1. The highest BCUT2D eigenvalue weighted by molar-refractivity contribution is 7.89. The summed E-state index contributed by atoms with van der Waals surface area (Å²) in [5.74, 6) is -1.80. The van der Waals surface area contributed by atoms with Crippen LogP contribution in [0.3, 0.4) is 0 Å². The van der Waals surface area contributed by atoms with Gasteiger partial charge in [0.15, 0.2) is 0 Å². The first-order valence-corrected chi connectivity index (χ1v) is 10.2. The molecule has 5 nitrogen and oxygen atoms in total. The van der Waals surface area contributed by atoms with Gasteiger partial charge in [0.05, 0.1) is 4.90 Å². The standard InChI is InChI=1S/C15H16Cl3NO4S/c16-10-5-11(17)7-12(6-10)24(22,23)19-8-9-3-1-2-4-13(9)15(19,18)14(20)21/h5-7,9,13H,1-4,8H2,(H,20,21). The third-order valence-corrected chi connectivity index (χ3v) is 7.92. The van der Waals surface area contributed by atoms with Gasteiger partial charge < -0.3 is 5.11 Å². The first kappa shape index (κ1) is 18.3. The average molecular weight is 413 g/mol. The van der Waals surface area contributed by atoms with Crippen LogP contribution >= 0.6 is 34.8 Å². The second-order valence-electron chi connectivity index (χ2n) is 6.27. The largest absolute Gasteiger partial charge is 0.479 e. The number of carboxylic acid groups (broad SMARTS) is 1. The molecule has 3 rings (SSSR count). The van der Waals surface area contributed by atoms with E-state index in [-0.39, 0.29) is 27.4 Å². The molecule has 1 aliphatic carbocycles. The molecule has 1 N–H and O–H groups in total. The van der Waals surface area contributed by atoms with Gasteiger partial charge in [0.2, 0.25) is 15.0 Å². The molecule has 1 aromatic carbocycles. The number of carboxylic acids is 1. The van der Waals surface area contributed by atoms with E-state index in [1.807, 2.05) is 0 Å². The molecule has 132 valence electrons. The predicted molar refractivity (Wildman–Crippen MR) is 92.0 cm³/mol. The number of benzene rings is 1. The fraction of sp³-hybridized carbons (Fsp3) is 0.533. The summed E-state index contributed by atoms with van der Waals surface area (Å²) in [6.45, 7) is 0.0902. The average Bonchev–Trinajstić information content (AvgIpc) is 2.82. The third kappa shape index (κ3) is 2.82. The number of carbonyl (C=O) groups is 1. The van der Waals surface area contributed by atoms with E-state index in [9.17, 15) is 18.3 Å². The molecule has 0 amide bonds. The minimum atomic E-state index is -4.14. The molecule has 1 aliphatic heterocycles. The Morgan fingerprint density at radius 1 is 1.17 bits per heavy atom. The van der Waals surface area contributed by atoms with Gasteiger partial charge in [0.1, 0.15) is 0 Å². The zero-order chi connectivity index (χ0) is 17.7. The first-order chi connectivity index (χ1) is 11.2. The van der Waals surface area contributed by atoms with Crippen LogP contribution in [0.2, 0.25) is 10.0 Å². The van der Waals surface area contributed by atoms with Gasteiger partial charge >= 0.3 is 5.97 Å². The third-order valence-electron chi connectivity index (χ3n) is 4.89. The lowest BCUT2D eigenvalue weighted by atomic mass is 9.78. The summed E-state index contributed by atoms with van der Waals surface area (Å²) in [6.07, 6.45) is 3.17. The van der Waals surface area contributed by atoms with Gasteiger partial charge in [-0.25, -0.2) is 13.2 Å². The van der Waals surface area contributed by atoms with Crippen LogP contribution in [-0.4, -0.2) is 35.3 Å².